The summed E-state index contributed by atoms with van der Waals surface area (Å²) >= 11 is 5.07. The summed E-state index contributed by atoms with van der Waals surface area (Å²) in [6.07, 6.45) is 3.40. The number of hydrogen-bond acceptors (Lipinski definition) is 5. The Balaban J connectivity index is 1.77. The number of nitro benzene ring substituents is 1. The molecule has 0 radical (unpaired) electrons. The minimum atomic E-state index is -0.532. The van der Waals surface area contributed by atoms with Gasteiger partial charge in [0.25, 0.3) is 17.5 Å². The molecule has 3 aromatic rings. The van der Waals surface area contributed by atoms with Crippen molar-refractivity contribution in [1.82, 2.24) is 14.8 Å². The van der Waals surface area contributed by atoms with E-state index in [-0.39, 0.29) is 16.4 Å². The van der Waals surface area contributed by atoms with Gasteiger partial charge in [0.1, 0.15) is 5.57 Å². The van der Waals surface area contributed by atoms with E-state index in [9.17, 15) is 19.7 Å². The lowest BCUT2D eigenvalue weighted by Crippen LogP contribution is -2.53. The van der Waals surface area contributed by atoms with E-state index in [1.54, 1.807) is 19.1 Å². The fourth-order valence-electron chi connectivity index (χ4n) is 3.62. The molecule has 1 saturated heterocycles. The van der Waals surface area contributed by atoms with E-state index in [0.717, 1.165) is 16.5 Å². The van der Waals surface area contributed by atoms with Crippen LogP contribution in [0.25, 0.3) is 17.0 Å². The number of nitrogens with one attached hydrogen (secondary N) is 1. The summed E-state index contributed by atoms with van der Waals surface area (Å²) in [5.41, 5.74) is 2.38. The largest absolute Gasteiger partial charge is 0.342 e. The van der Waals surface area contributed by atoms with Crippen molar-refractivity contribution in [2.24, 2.45) is 0 Å². The van der Waals surface area contributed by atoms with E-state index in [1.165, 1.54) is 17.0 Å². The molecule has 1 N–H and O–H groups in total. The SMILES string of the molecule is CCN1C(=O)/C(=C/c2cn(Cc3cccc([N+](=O)[O-])c3)c3ccccc23)C(=O)NC1=S. The average molecular weight is 434 g/mol. The summed E-state index contributed by atoms with van der Waals surface area (Å²) in [6.45, 7) is 2.53. The maximum absolute atomic E-state index is 12.8. The molecule has 1 aliphatic rings. The molecular weight excluding hydrogens is 416 g/mol. The summed E-state index contributed by atoms with van der Waals surface area (Å²) in [6, 6.07) is 14.0. The van der Waals surface area contributed by atoms with E-state index in [0.29, 0.717) is 18.7 Å². The van der Waals surface area contributed by atoms with Crippen molar-refractivity contribution >= 4 is 51.8 Å². The van der Waals surface area contributed by atoms with Crippen molar-refractivity contribution in [2.45, 2.75) is 13.5 Å². The Morgan fingerprint density at radius 1 is 1.16 bits per heavy atom. The van der Waals surface area contributed by atoms with Gasteiger partial charge < -0.3 is 4.57 Å². The number of hydrogen-bond donors (Lipinski definition) is 1. The number of nitro groups is 1. The molecule has 0 atom stereocenters. The predicted molar refractivity (Wildman–Crippen MR) is 120 cm³/mol. The molecule has 2 aromatic carbocycles. The zero-order chi connectivity index (χ0) is 22.1. The Labute approximate surface area is 182 Å². The molecule has 0 saturated carbocycles. The number of thiocarbonyl (C=S) groups is 1. The third-order valence-corrected chi connectivity index (χ3v) is 5.42. The summed E-state index contributed by atoms with van der Waals surface area (Å²) in [5, 5.41) is 14.6. The standard InChI is InChI=1S/C22H18N4O4S/c1-2-25-21(28)18(20(27)23-22(25)31)11-15-13-24(19-9-4-3-8-17(15)19)12-14-6-5-7-16(10-14)26(29)30/h3-11,13H,2,12H2,1H3,(H,23,27,31)/b18-11+. The molecule has 8 nitrogen and oxygen atoms in total. The number of likely N-dealkylation sites (N-methyl/N-ethyl adjacent to an activating group) is 1. The molecule has 2 amide bonds. The first kappa shape index (κ1) is 20.4. The Bertz CT molecular complexity index is 1280. The second kappa shape index (κ2) is 8.11. The summed E-state index contributed by atoms with van der Waals surface area (Å²) in [7, 11) is 0. The van der Waals surface area contributed by atoms with E-state index in [1.807, 2.05) is 41.1 Å². The van der Waals surface area contributed by atoms with Crippen molar-refractivity contribution in [2.75, 3.05) is 6.54 Å². The topological polar surface area (TPSA) is 97.5 Å². The fourth-order valence-corrected chi connectivity index (χ4v) is 3.93. The lowest BCUT2D eigenvalue weighted by atomic mass is 10.1. The number of aromatic nitrogens is 1. The number of rotatable bonds is 5. The molecule has 2 heterocycles. The third kappa shape index (κ3) is 3.82. The molecule has 156 valence electrons. The second-order valence-corrected chi connectivity index (χ2v) is 7.41. The zero-order valence-electron chi connectivity index (χ0n) is 16.6. The van der Waals surface area contributed by atoms with Crippen LogP contribution >= 0.6 is 12.2 Å². The normalized spacial score (nSPS) is 15.6. The lowest BCUT2D eigenvalue weighted by molar-refractivity contribution is -0.384. The maximum atomic E-state index is 12.8. The van der Waals surface area contributed by atoms with Crippen LogP contribution in [0.15, 0.2) is 60.3 Å². The number of para-hydroxylation sites is 1. The smallest absolute Gasteiger partial charge is 0.269 e. The molecule has 1 aromatic heterocycles. The van der Waals surface area contributed by atoms with Gasteiger partial charge in [-0.1, -0.05) is 30.3 Å². The van der Waals surface area contributed by atoms with Crippen LogP contribution < -0.4 is 5.32 Å². The van der Waals surface area contributed by atoms with Gasteiger partial charge in [-0.25, -0.2) is 0 Å². The van der Waals surface area contributed by atoms with Crippen molar-refractivity contribution in [3.63, 3.8) is 0 Å². The molecule has 1 aliphatic heterocycles. The van der Waals surface area contributed by atoms with Crippen LogP contribution in [0.5, 0.6) is 0 Å². The summed E-state index contributed by atoms with van der Waals surface area (Å²) < 4.78 is 1.94. The number of nitrogens with zero attached hydrogens (tertiary/aromatic N) is 3. The molecule has 31 heavy (non-hydrogen) atoms. The Morgan fingerprint density at radius 3 is 2.68 bits per heavy atom. The third-order valence-electron chi connectivity index (χ3n) is 5.10. The maximum Gasteiger partial charge on any atom is 0.269 e. The van der Waals surface area contributed by atoms with Gasteiger partial charge in [-0.05, 0) is 36.8 Å². The van der Waals surface area contributed by atoms with Crippen LogP contribution in [-0.2, 0) is 16.1 Å². The molecule has 4 rings (SSSR count). The van der Waals surface area contributed by atoms with Gasteiger partial charge in [-0.3, -0.25) is 29.9 Å². The molecule has 0 bridgehead atoms. The van der Waals surface area contributed by atoms with E-state index in [4.69, 9.17) is 12.2 Å². The van der Waals surface area contributed by atoms with Crippen molar-refractivity contribution in [1.29, 1.82) is 0 Å². The fraction of sp³-hybridized carbons (Fsp3) is 0.136. The Hall–Kier alpha value is -3.85. The monoisotopic (exact) mass is 434 g/mol. The quantitative estimate of drug-likeness (QED) is 0.219. The first-order chi connectivity index (χ1) is 14.9. The summed E-state index contributed by atoms with van der Waals surface area (Å²) in [5.74, 6) is -0.970. The Morgan fingerprint density at radius 2 is 1.94 bits per heavy atom. The zero-order valence-corrected chi connectivity index (χ0v) is 17.4. The van der Waals surface area contributed by atoms with Crippen LogP contribution in [0.4, 0.5) is 5.69 Å². The van der Waals surface area contributed by atoms with Gasteiger partial charge in [-0.2, -0.15) is 0 Å². The number of non-ortho nitro benzene ring substituents is 1. The molecule has 9 heteroatoms. The minimum absolute atomic E-state index is 0.00806. The average Bonchev–Trinajstić information content (AvgIpc) is 3.09. The van der Waals surface area contributed by atoms with E-state index >= 15 is 0 Å². The molecule has 0 unspecified atom stereocenters. The van der Waals surface area contributed by atoms with Crippen LogP contribution in [-0.4, -0.2) is 37.9 Å². The number of carbonyl (C=O) groups is 2. The highest BCUT2D eigenvalue weighted by molar-refractivity contribution is 7.80. The predicted octanol–water partition coefficient (Wildman–Crippen LogP) is 3.24. The Kier molecular flexibility index (Phi) is 5.35. The highest BCUT2D eigenvalue weighted by Crippen LogP contribution is 2.26. The summed E-state index contributed by atoms with van der Waals surface area (Å²) in [4.78, 5) is 37.2. The highest BCUT2D eigenvalue weighted by atomic mass is 32.1. The number of fused-ring (bicyclic) bond motifs is 1. The number of amides is 2. The van der Waals surface area contributed by atoms with E-state index < -0.39 is 16.7 Å². The molecule has 0 spiro atoms. The van der Waals surface area contributed by atoms with Gasteiger partial charge in [0, 0.05) is 47.9 Å². The van der Waals surface area contributed by atoms with E-state index in [2.05, 4.69) is 5.32 Å². The first-order valence-corrected chi connectivity index (χ1v) is 10.00. The van der Waals surface area contributed by atoms with Crippen LogP contribution in [0.2, 0.25) is 0 Å². The van der Waals surface area contributed by atoms with Gasteiger partial charge in [0.2, 0.25) is 0 Å². The van der Waals surface area contributed by atoms with Crippen LogP contribution in [0.1, 0.15) is 18.1 Å². The molecule has 1 fully saturated rings. The van der Waals surface area contributed by atoms with Gasteiger partial charge >= 0.3 is 0 Å². The molecule has 0 aliphatic carbocycles. The first-order valence-electron chi connectivity index (χ1n) is 9.59. The number of benzene rings is 2. The van der Waals surface area contributed by atoms with Crippen molar-refractivity contribution < 1.29 is 14.5 Å². The van der Waals surface area contributed by atoms with Crippen molar-refractivity contribution in [3.8, 4) is 0 Å². The lowest BCUT2D eigenvalue weighted by Gasteiger charge is -2.27. The van der Waals surface area contributed by atoms with Crippen LogP contribution in [0.3, 0.4) is 0 Å². The number of carbonyl (C=O) groups excluding carboxylic acids is 2. The van der Waals surface area contributed by atoms with Gasteiger partial charge in [0.05, 0.1) is 4.92 Å². The van der Waals surface area contributed by atoms with Gasteiger partial charge in [0.15, 0.2) is 5.11 Å². The molecular formula is C22H18N4O4S. The van der Waals surface area contributed by atoms with Crippen molar-refractivity contribution in [3.05, 3.63) is 81.5 Å². The second-order valence-electron chi connectivity index (χ2n) is 7.02. The minimum Gasteiger partial charge on any atom is -0.342 e. The highest BCUT2D eigenvalue weighted by Gasteiger charge is 2.32. The van der Waals surface area contributed by atoms with Crippen LogP contribution in [0, 0.1) is 10.1 Å². The van der Waals surface area contributed by atoms with Gasteiger partial charge in [-0.15, -0.1) is 0 Å².